The van der Waals surface area contributed by atoms with Crippen molar-refractivity contribution in [3.8, 4) is 0 Å². The summed E-state index contributed by atoms with van der Waals surface area (Å²) in [6, 6.07) is 0. The molecule has 392 valence electrons. The Morgan fingerprint density at radius 1 is 0.303 bits per heavy atom. The molecule has 0 aliphatic carbocycles. The van der Waals surface area contributed by atoms with Gasteiger partial charge >= 0.3 is 17.9 Å². The molecular weight excluding hydrogens is 817 g/mol. The molecular formula is C60H116O6. The van der Waals surface area contributed by atoms with Crippen LogP contribution in [0.15, 0.2) is 0 Å². The Morgan fingerprint density at radius 3 is 0.788 bits per heavy atom. The van der Waals surface area contributed by atoms with Crippen LogP contribution in [-0.2, 0) is 28.6 Å². The van der Waals surface area contributed by atoms with Gasteiger partial charge in [-0.3, -0.25) is 14.4 Å². The molecule has 2 atom stereocenters. The van der Waals surface area contributed by atoms with Gasteiger partial charge in [-0.15, -0.1) is 0 Å². The monoisotopic (exact) mass is 933 g/mol. The molecule has 0 spiro atoms. The minimum absolute atomic E-state index is 0.0640. The average molecular weight is 934 g/mol. The second kappa shape index (κ2) is 51.3. The molecule has 0 heterocycles. The van der Waals surface area contributed by atoms with E-state index in [-0.39, 0.29) is 31.1 Å². The molecule has 1 unspecified atom stereocenters. The summed E-state index contributed by atoms with van der Waals surface area (Å²) in [7, 11) is 0. The smallest absolute Gasteiger partial charge is 0.306 e. The molecule has 0 saturated heterocycles. The van der Waals surface area contributed by atoms with E-state index >= 15 is 0 Å². The quantitative estimate of drug-likeness (QED) is 0.0343. The Kier molecular flexibility index (Phi) is 50.0. The fourth-order valence-corrected chi connectivity index (χ4v) is 9.14. The van der Waals surface area contributed by atoms with Crippen molar-refractivity contribution in [3.63, 3.8) is 0 Å². The maximum Gasteiger partial charge on any atom is 0.306 e. The van der Waals surface area contributed by atoms with Gasteiger partial charge in [0.1, 0.15) is 13.2 Å². The molecule has 0 amide bonds. The van der Waals surface area contributed by atoms with Crippen LogP contribution in [0.4, 0.5) is 0 Å². The van der Waals surface area contributed by atoms with Gasteiger partial charge in [-0.25, -0.2) is 0 Å². The van der Waals surface area contributed by atoms with Crippen molar-refractivity contribution in [2.45, 2.75) is 337 Å². The zero-order valence-electron chi connectivity index (χ0n) is 45.5. The van der Waals surface area contributed by atoms with Crippen molar-refractivity contribution in [3.05, 3.63) is 0 Å². The summed E-state index contributed by atoms with van der Waals surface area (Å²) in [5.41, 5.74) is 0. The molecule has 0 N–H and O–H groups in total. The van der Waals surface area contributed by atoms with E-state index < -0.39 is 6.10 Å². The SMILES string of the molecule is CCC(C)CCCCCCCCCCCCCCCCCCCCC(=O)O[C@@H](COC(=O)CCCCCCCCCCCCCCCC(C)C)COC(=O)CCCCCCCCCC(C)C. The highest BCUT2D eigenvalue weighted by atomic mass is 16.6. The highest BCUT2D eigenvalue weighted by molar-refractivity contribution is 5.71. The summed E-state index contributed by atoms with van der Waals surface area (Å²) in [6.45, 7) is 13.8. The molecule has 0 aliphatic rings. The lowest BCUT2D eigenvalue weighted by Crippen LogP contribution is -2.30. The van der Waals surface area contributed by atoms with Crippen LogP contribution in [0.25, 0.3) is 0 Å². The third kappa shape index (κ3) is 51.8. The van der Waals surface area contributed by atoms with E-state index in [2.05, 4.69) is 41.5 Å². The summed E-state index contributed by atoms with van der Waals surface area (Å²) in [6.07, 6.45) is 53.9. The minimum Gasteiger partial charge on any atom is -0.462 e. The lowest BCUT2D eigenvalue weighted by molar-refractivity contribution is -0.167. The Labute approximate surface area is 412 Å². The number of unbranched alkanes of at least 4 members (excludes halogenated alkanes) is 35. The zero-order valence-corrected chi connectivity index (χ0v) is 45.5. The van der Waals surface area contributed by atoms with E-state index in [1.807, 2.05) is 0 Å². The van der Waals surface area contributed by atoms with E-state index in [1.54, 1.807) is 0 Å². The molecule has 0 aromatic heterocycles. The Balaban J connectivity index is 4.21. The van der Waals surface area contributed by atoms with Crippen molar-refractivity contribution in [2.75, 3.05) is 13.2 Å². The highest BCUT2D eigenvalue weighted by Gasteiger charge is 2.19. The first-order valence-corrected chi connectivity index (χ1v) is 29.6. The largest absolute Gasteiger partial charge is 0.462 e. The third-order valence-corrected chi connectivity index (χ3v) is 14.0. The molecule has 0 aromatic rings. The van der Waals surface area contributed by atoms with Crippen LogP contribution in [0.2, 0.25) is 0 Å². The molecule has 0 aliphatic heterocycles. The van der Waals surface area contributed by atoms with Crippen LogP contribution in [-0.4, -0.2) is 37.2 Å². The van der Waals surface area contributed by atoms with E-state index in [0.29, 0.717) is 19.3 Å². The molecule has 6 nitrogen and oxygen atoms in total. The number of rotatable bonds is 53. The van der Waals surface area contributed by atoms with E-state index in [0.717, 1.165) is 75.5 Å². The van der Waals surface area contributed by atoms with Crippen molar-refractivity contribution in [2.24, 2.45) is 17.8 Å². The van der Waals surface area contributed by atoms with E-state index in [9.17, 15) is 14.4 Å². The molecule has 6 heteroatoms. The highest BCUT2D eigenvalue weighted by Crippen LogP contribution is 2.19. The molecule has 0 saturated carbocycles. The maximum atomic E-state index is 12.9. The average Bonchev–Trinajstić information content (AvgIpc) is 3.29. The third-order valence-electron chi connectivity index (χ3n) is 14.0. The van der Waals surface area contributed by atoms with Gasteiger partial charge < -0.3 is 14.2 Å². The summed E-state index contributed by atoms with van der Waals surface area (Å²) in [5.74, 6) is 1.68. The lowest BCUT2D eigenvalue weighted by Gasteiger charge is -2.18. The van der Waals surface area contributed by atoms with Gasteiger partial charge in [-0.05, 0) is 37.0 Å². The lowest BCUT2D eigenvalue weighted by atomic mass is 9.99. The number of ether oxygens (including phenoxy) is 3. The number of hydrogen-bond acceptors (Lipinski definition) is 6. The second-order valence-corrected chi connectivity index (χ2v) is 21.8. The summed E-state index contributed by atoms with van der Waals surface area (Å²) < 4.78 is 16.9. The van der Waals surface area contributed by atoms with Crippen molar-refractivity contribution >= 4 is 17.9 Å². The predicted molar refractivity (Wildman–Crippen MR) is 284 cm³/mol. The van der Waals surface area contributed by atoms with Gasteiger partial charge in [0, 0.05) is 19.3 Å². The van der Waals surface area contributed by atoms with Gasteiger partial charge in [0.05, 0.1) is 0 Å². The Bertz CT molecular complexity index is 1020. The number of carbonyl (C=O) groups excluding carboxylic acids is 3. The van der Waals surface area contributed by atoms with Crippen LogP contribution >= 0.6 is 0 Å². The van der Waals surface area contributed by atoms with Crippen molar-refractivity contribution in [1.82, 2.24) is 0 Å². The number of esters is 3. The molecule has 0 bridgehead atoms. The fraction of sp³-hybridized carbons (Fsp3) is 0.950. The second-order valence-electron chi connectivity index (χ2n) is 21.8. The van der Waals surface area contributed by atoms with Gasteiger partial charge in [0.2, 0.25) is 0 Å². The normalized spacial score (nSPS) is 12.5. The molecule has 66 heavy (non-hydrogen) atoms. The van der Waals surface area contributed by atoms with Crippen LogP contribution in [0.3, 0.4) is 0 Å². The summed E-state index contributed by atoms with van der Waals surface area (Å²) >= 11 is 0. The van der Waals surface area contributed by atoms with Crippen LogP contribution in [0.1, 0.15) is 330 Å². The standard InChI is InChI=1S/C60H116O6/c1-7-56(6)48-42-36-30-24-20-16-12-10-8-9-11-13-17-22-26-32-39-45-51-60(63)66-57(53-65-59(62)50-44-38-33-27-29-35-41-47-55(4)5)52-64-58(61)49-43-37-31-25-21-18-14-15-19-23-28-34-40-46-54(2)3/h54-57H,7-53H2,1-6H3/t56?,57-/m0/s1. The van der Waals surface area contributed by atoms with E-state index in [1.165, 1.54) is 212 Å². The molecule has 0 aromatic carbocycles. The van der Waals surface area contributed by atoms with Gasteiger partial charge in [-0.1, -0.05) is 292 Å². The molecule has 0 fully saturated rings. The fourth-order valence-electron chi connectivity index (χ4n) is 9.14. The number of carbonyl (C=O) groups is 3. The van der Waals surface area contributed by atoms with Crippen LogP contribution < -0.4 is 0 Å². The Morgan fingerprint density at radius 2 is 0.530 bits per heavy atom. The maximum absolute atomic E-state index is 12.9. The zero-order chi connectivity index (χ0) is 48.4. The first kappa shape index (κ1) is 64.4. The summed E-state index contributed by atoms with van der Waals surface area (Å²) in [5, 5.41) is 0. The van der Waals surface area contributed by atoms with Crippen LogP contribution in [0.5, 0.6) is 0 Å². The van der Waals surface area contributed by atoms with Crippen LogP contribution in [0, 0.1) is 17.8 Å². The first-order chi connectivity index (χ1) is 32.1. The van der Waals surface area contributed by atoms with Crippen molar-refractivity contribution in [1.29, 1.82) is 0 Å². The predicted octanol–water partition coefficient (Wildman–Crippen LogP) is 19.5. The van der Waals surface area contributed by atoms with Gasteiger partial charge in [0.25, 0.3) is 0 Å². The minimum atomic E-state index is -0.764. The van der Waals surface area contributed by atoms with Crippen molar-refractivity contribution < 1.29 is 28.6 Å². The molecule has 0 radical (unpaired) electrons. The number of hydrogen-bond donors (Lipinski definition) is 0. The summed E-state index contributed by atoms with van der Waals surface area (Å²) in [4.78, 5) is 38.1. The van der Waals surface area contributed by atoms with Gasteiger partial charge in [0.15, 0.2) is 6.10 Å². The Hall–Kier alpha value is -1.59. The molecule has 0 rings (SSSR count). The van der Waals surface area contributed by atoms with Gasteiger partial charge in [-0.2, -0.15) is 0 Å². The van der Waals surface area contributed by atoms with E-state index in [4.69, 9.17) is 14.2 Å². The topological polar surface area (TPSA) is 78.9 Å². The first-order valence-electron chi connectivity index (χ1n) is 29.6.